The quantitative estimate of drug-likeness (QED) is 0.886. The largest absolute Gasteiger partial charge is 0.326 e. The van der Waals surface area contributed by atoms with Crippen molar-refractivity contribution in [1.82, 2.24) is 9.55 Å². The molecule has 124 valence electrons. The minimum absolute atomic E-state index is 0.0365. The second-order valence-electron chi connectivity index (χ2n) is 5.82. The third kappa shape index (κ3) is 3.17. The average Bonchev–Trinajstić information content (AvgIpc) is 2.94. The van der Waals surface area contributed by atoms with Gasteiger partial charge >= 0.3 is 5.69 Å². The van der Waals surface area contributed by atoms with Crippen molar-refractivity contribution in [1.29, 1.82) is 5.26 Å². The molecule has 4 nitrogen and oxygen atoms in total. The lowest BCUT2D eigenvalue weighted by Gasteiger charge is -2.28. The van der Waals surface area contributed by atoms with Gasteiger partial charge in [0.25, 0.3) is 0 Å². The van der Waals surface area contributed by atoms with Gasteiger partial charge in [0.15, 0.2) is 5.82 Å². The second-order valence-corrected chi connectivity index (χ2v) is 5.82. The summed E-state index contributed by atoms with van der Waals surface area (Å²) < 4.78 is 15.8. The number of hydrogen-bond acceptors (Lipinski definition) is 2. The van der Waals surface area contributed by atoms with E-state index in [0.29, 0.717) is 5.52 Å². The molecule has 1 aliphatic carbocycles. The maximum absolute atomic E-state index is 14.1. The standard InChI is InChI=1S/C16H18FN3O.C2H6/c1-2-10-3-6-12(7-4-10)20-13-8-5-11(9-18)14(17)15(13)19-16(20)21;1-2/h5,8,10,12H,2-4,6-7H2,1H3,(H,19,21);1-2H3. The number of imidazole rings is 1. The van der Waals surface area contributed by atoms with Crippen molar-refractivity contribution < 1.29 is 4.39 Å². The minimum atomic E-state index is -0.631. The summed E-state index contributed by atoms with van der Waals surface area (Å²) in [7, 11) is 0. The van der Waals surface area contributed by atoms with Gasteiger partial charge < -0.3 is 4.98 Å². The number of nitrogens with one attached hydrogen (secondary N) is 1. The van der Waals surface area contributed by atoms with Gasteiger partial charge in [-0.1, -0.05) is 27.2 Å². The van der Waals surface area contributed by atoms with Gasteiger partial charge in [0.2, 0.25) is 0 Å². The van der Waals surface area contributed by atoms with E-state index in [1.165, 1.54) is 12.5 Å². The highest BCUT2D eigenvalue weighted by Gasteiger charge is 2.25. The Bertz CT molecular complexity index is 761. The normalized spacial score (nSPS) is 20.7. The monoisotopic (exact) mass is 317 g/mol. The van der Waals surface area contributed by atoms with Crippen LogP contribution in [0.15, 0.2) is 16.9 Å². The molecule has 0 radical (unpaired) electrons. The van der Waals surface area contributed by atoms with Gasteiger partial charge in [0.1, 0.15) is 11.6 Å². The topological polar surface area (TPSA) is 61.6 Å². The number of benzene rings is 1. The van der Waals surface area contributed by atoms with Crippen molar-refractivity contribution in [2.75, 3.05) is 0 Å². The fourth-order valence-corrected chi connectivity index (χ4v) is 3.42. The van der Waals surface area contributed by atoms with E-state index in [1.54, 1.807) is 16.7 Å². The Morgan fingerprint density at radius 3 is 2.52 bits per heavy atom. The molecule has 1 aromatic carbocycles. The third-order valence-corrected chi connectivity index (χ3v) is 4.71. The van der Waals surface area contributed by atoms with Crippen LogP contribution < -0.4 is 5.69 Å². The molecule has 0 saturated heterocycles. The molecule has 1 heterocycles. The maximum atomic E-state index is 14.1. The minimum Gasteiger partial charge on any atom is -0.303 e. The lowest BCUT2D eigenvalue weighted by Crippen LogP contribution is -2.26. The first-order chi connectivity index (χ1) is 11.2. The van der Waals surface area contributed by atoms with Crippen LogP contribution in [0.5, 0.6) is 0 Å². The van der Waals surface area contributed by atoms with Crippen molar-refractivity contribution in [2.24, 2.45) is 5.92 Å². The molecule has 5 heteroatoms. The molecule has 0 spiro atoms. The van der Waals surface area contributed by atoms with Gasteiger partial charge in [-0.05, 0) is 43.7 Å². The number of halogens is 1. The molecule has 0 amide bonds. The van der Waals surface area contributed by atoms with Crippen LogP contribution in [0.3, 0.4) is 0 Å². The van der Waals surface area contributed by atoms with Crippen molar-refractivity contribution >= 4 is 11.0 Å². The fraction of sp³-hybridized carbons (Fsp3) is 0.556. The van der Waals surface area contributed by atoms with Crippen LogP contribution in [-0.2, 0) is 0 Å². The van der Waals surface area contributed by atoms with Gasteiger partial charge in [-0.15, -0.1) is 0 Å². The summed E-state index contributed by atoms with van der Waals surface area (Å²) in [6.07, 6.45) is 5.30. The van der Waals surface area contributed by atoms with Gasteiger partial charge in [-0.2, -0.15) is 5.26 Å². The van der Waals surface area contributed by atoms with Gasteiger partial charge in [-0.3, -0.25) is 4.57 Å². The molecule has 0 aliphatic heterocycles. The number of aromatic amines is 1. The molecule has 23 heavy (non-hydrogen) atoms. The predicted octanol–water partition coefficient (Wildman–Crippen LogP) is 4.51. The number of fused-ring (bicyclic) bond motifs is 1. The summed E-state index contributed by atoms with van der Waals surface area (Å²) in [5.41, 5.74) is 0.401. The van der Waals surface area contributed by atoms with Crippen LogP contribution in [0, 0.1) is 23.1 Å². The third-order valence-electron chi connectivity index (χ3n) is 4.71. The highest BCUT2D eigenvalue weighted by atomic mass is 19.1. The summed E-state index contributed by atoms with van der Waals surface area (Å²) in [6.45, 7) is 6.20. The second kappa shape index (κ2) is 7.45. The van der Waals surface area contributed by atoms with Crippen molar-refractivity contribution in [2.45, 2.75) is 58.9 Å². The fourth-order valence-electron chi connectivity index (χ4n) is 3.42. The van der Waals surface area contributed by atoms with E-state index in [1.807, 2.05) is 13.8 Å². The smallest absolute Gasteiger partial charge is 0.303 e. The summed E-state index contributed by atoms with van der Waals surface area (Å²) in [6, 6.07) is 5.04. The van der Waals surface area contributed by atoms with Crippen molar-refractivity contribution in [3.63, 3.8) is 0 Å². The van der Waals surface area contributed by atoms with E-state index in [9.17, 15) is 9.18 Å². The zero-order valence-corrected chi connectivity index (χ0v) is 14.0. The molecule has 1 aliphatic rings. The number of nitriles is 1. The molecular formula is C18H24FN3O. The molecule has 0 atom stereocenters. The highest BCUT2D eigenvalue weighted by Crippen LogP contribution is 2.34. The average molecular weight is 317 g/mol. The van der Waals surface area contributed by atoms with Crippen molar-refractivity contribution in [3.05, 3.63) is 34.0 Å². The molecule has 1 saturated carbocycles. The maximum Gasteiger partial charge on any atom is 0.326 e. The summed E-state index contributed by atoms with van der Waals surface area (Å²) in [5.74, 6) is 0.108. The molecular weight excluding hydrogens is 293 g/mol. The Kier molecular flexibility index (Phi) is 5.59. The molecule has 1 N–H and O–H groups in total. The van der Waals surface area contributed by atoms with Crippen molar-refractivity contribution in [3.8, 4) is 6.07 Å². The first kappa shape index (κ1) is 17.3. The van der Waals surface area contributed by atoms with Crippen LogP contribution >= 0.6 is 0 Å². The van der Waals surface area contributed by atoms with E-state index >= 15 is 0 Å². The Morgan fingerprint density at radius 2 is 1.96 bits per heavy atom. The number of H-pyrrole nitrogens is 1. The van der Waals surface area contributed by atoms with E-state index < -0.39 is 5.82 Å². The van der Waals surface area contributed by atoms with Crippen LogP contribution in [0.2, 0.25) is 0 Å². The first-order valence-electron chi connectivity index (χ1n) is 8.48. The zero-order valence-electron chi connectivity index (χ0n) is 14.0. The lowest BCUT2D eigenvalue weighted by molar-refractivity contribution is 0.270. The Balaban J connectivity index is 0.000000924. The Hall–Kier alpha value is -2.09. The van der Waals surface area contributed by atoms with Gasteiger partial charge in [-0.25, -0.2) is 9.18 Å². The zero-order chi connectivity index (χ0) is 17.0. The van der Waals surface area contributed by atoms with Crippen LogP contribution in [0.1, 0.15) is 64.5 Å². The highest BCUT2D eigenvalue weighted by molar-refractivity contribution is 5.78. The molecule has 1 fully saturated rings. The van der Waals surface area contributed by atoms with E-state index in [-0.39, 0.29) is 22.8 Å². The molecule has 0 unspecified atom stereocenters. The molecule has 0 bridgehead atoms. The molecule has 3 rings (SSSR count). The van der Waals surface area contributed by atoms with E-state index in [2.05, 4.69) is 11.9 Å². The van der Waals surface area contributed by atoms with Crippen LogP contribution in [0.25, 0.3) is 11.0 Å². The summed E-state index contributed by atoms with van der Waals surface area (Å²) in [4.78, 5) is 14.8. The summed E-state index contributed by atoms with van der Waals surface area (Å²) >= 11 is 0. The molecule has 2 aromatic rings. The number of nitrogens with zero attached hydrogens (tertiary/aromatic N) is 2. The number of rotatable bonds is 2. The first-order valence-corrected chi connectivity index (χ1v) is 8.48. The predicted molar refractivity (Wildman–Crippen MR) is 89.9 cm³/mol. The number of hydrogen-bond donors (Lipinski definition) is 1. The number of aromatic nitrogens is 2. The SMILES string of the molecule is CC.CCC1CCC(n2c(=O)[nH]c3c(F)c(C#N)ccc32)CC1. The van der Waals surface area contributed by atoms with E-state index in [4.69, 9.17) is 5.26 Å². The Morgan fingerprint density at radius 1 is 1.30 bits per heavy atom. The van der Waals surface area contributed by atoms with Gasteiger partial charge in [0.05, 0.1) is 11.1 Å². The summed E-state index contributed by atoms with van der Waals surface area (Å²) in [5, 5.41) is 8.87. The molecule has 1 aromatic heterocycles. The van der Waals surface area contributed by atoms with Crippen LogP contribution in [0.4, 0.5) is 4.39 Å². The Labute approximate surface area is 135 Å². The van der Waals surface area contributed by atoms with E-state index in [0.717, 1.165) is 31.6 Å². The lowest BCUT2D eigenvalue weighted by atomic mass is 9.84. The van der Waals surface area contributed by atoms with Gasteiger partial charge in [0, 0.05) is 6.04 Å². The van der Waals surface area contributed by atoms with Crippen LogP contribution in [-0.4, -0.2) is 9.55 Å².